The minimum atomic E-state index is -1.62. The predicted octanol–water partition coefficient (Wildman–Crippen LogP) is 1.06. The second-order valence-electron chi connectivity index (χ2n) is 7.15. The Morgan fingerprint density at radius 1 is 1.15 bits per heavy atom. The Balaban J connectivity index is 1.81. The van der Waals surface area contributed by atoms with E-state index in [-0.39, 0.29) is 11.3 Å². The van der Waals surface area contributed by atoms with Gasteiger partial charge < -0.3 is 35.5 Å². The number of rotatable bonds is 8. The fourth-order valence-electron chi connectivity index (χ4n) is 3.27. The molecule has 180 valence electrons. The van der Waals surface area contributed by atoms with E-state index in [0.29, 0.717) is 5.75 Å². The Labute approximate surface area is 192 Å². The first kappa shape index (κ1) is 25.1. The van der Waals surface area contributed by atoms with Crippen molar-refractivity contribution < 1.29 is 38.0 Å². The van der Waals surface area contributed by atoms with Crippen molar-refractivity contribution in [2.75, 3.05) is 13.7 Å². The van der Waals surface area contributed by atoms with E-state index in [1.807, 2.05) is 0 Å². The third kappa shape index (κ3) is 5.72. The quantitative estimate of drug-likeness (QED) is 0.184. The minimum absolute atomic E-state index is 0.0430. The Kier molecular flexibility index (Phi) is 8.46. The molecule has 7 N–H and O–H groups in total. The molecule has 8 nitrogen and oxygen atoms in total. The maximum atomic E-state index is 13.6. The summed E-state index contributed by atoms with van der Waals surface area (Å²) in [7, 11) is 1.53. The van der Waals surface area contributed by atoms with Gasteiger partial charge in [-0.3, -0.25) is 5.84 Å². The Hall–Kier alpha value is -2.48. The van der Waals surface area contributed by atoms with E-state index in [2.05, 4.69) is 10.7 Å². The molecule has 2 aromatic carbocycles. The van der Waals surface area contributed by atoms with E-state index in [9.17, 15) is 28.5 Å². The van der Waals surface area contributed by atoms with Crippen molar-refractivity contribution >= 4 is 17.5 Å². The number of halogens is 3. The van der Waals surface area contributed by atoms with E-state index in [1.165, 1.54) is 25.1 Å². The van der Waals surface area contributed by atoms with Gasteiger partial charge in [-0.1, -0.05) is 11.8 Å². The third-order valence-corrected chi connectivity index (χ3v) is 6.23. The average Bonchev–Trinajstić information content (AvgIpc) is 2.81. The molecule has 0 amide bonds. The minimum Gasteiger partial charge on any atom is -0.497 e. The van der Waals surface area contributed by atoms with Gasteiger partial charge in [0, 0.05) is 16.7 Å². The first-order chi connectivity index (χ1) is 15.8. The Morgan fingerprint density at radius 2 is 1.79 bits per heavy atom. The van der Waals surface area contributed by atoms with Crippen molar-refractivity contribution in [2.24, 2.45) is 5.84 Å². The maximum Gasteiger partial charge on any atom is 0.194 e. The molecule has 0 saturated carbocycles. The monoisotopic (exact) mass is 487 g/mol. The van der Waals surface area contributed by atoms with E-state index in [0.717, 1.165) is 17.0 Å². The van der Waals surface area contributed by atoms with Crippen molar-refractivity contribution in [1.82, 2.24) is 10.7 Å². The molecule has 0 aromatic heterocycles. The highest BCUT2D eigenvalue weighted by Gasteiger charge is 2.44. The zero-order valence-corrected chi connectivity index (χ0v) is 18.2. The first-order valence-corrected chi connectivity index (χ1v) is 10.7. The number of hydrogen-bond acceptors (Lipinski definition) is 9. The van der Waals surface area contributed by atoms with Crippen LogP contribution in [0, 0.1) is 17.5 Å². The van der Waals surface area contributed by atoms with Gasteiger partial charge in [0.15, 0.2) is 17.5 Å². The number of hydrazine groups is 1. The summed E-state index contributed by atoms with van der Waals surface area (Å²) in [6.07, 6.45) is -2.45. The number of ether oxygens (including phenoxy) is 2. The summed E-state index contributed by atoms with van der Waals surface area (Å²) in [6, 6.07) is 7.40. The summed E-state index contributed by atoms with van der Waals surface area (Å²) in [5.41, 5.74) is 1.20. The zero-order chi connectivity index (χ0) is 24.1. The third-order valence-electron chi connectivity index (χ3n) is 5.07. The van der Waals surface area contributed by atoms with Gasteiger partial charge in [-0.15, -0.1) is 0 Å². The van der Waals surface area contributed by atoms with Crippen LogP contribution in [0.2, 0.25) is 0 Å². The molecular weight excluding hydrogens is 463 g/mol. The first-order valence-electron chi connectivity index (χ1n) is 9.80. The Morgan fingerprint density at radius 3 is 2.33 bits per heavy atom. The van der Waals surface area contributed by atoms with Crippen molar-refractivity contribution in [3.8, 4) is 5.75 Å². The van der Waals surface area contributed by atoms with Gasteiger partial charge in [0.1, 0.15) is 29.5 Å². The van der Waals surface area contributed by atoms with Crippen LogP contribution in [-0.4, -0.2) is 58.8 Å². The molecule has 0 radical (unpaired) electrons. The molecule has 12 heteroatoms. The van der Waals surface area contributed by atoms with Gasteiger partial charge in [0.25, 0.3) is 0 Å². The molecule has 3 rings (SSSR count). The van der Waals surface area contributed by atoms with Gasteiger partial charge in [-0.05, 0) is 36.4 Å². The van der Waals surface area contributed by atoms with Gasteiger partial charge in [0.05, 0.1) is 25.5 Å². The van der Waals surface area contributed by atoms with Gasteiger partial charge in [-0.25, -0.2) is 13.2 Å². The lowest BCUT2D eigenvalue weighted by Gasteiger charge is -2.42. The molecule has 3 unspecified atom stereocenters. The second-order valence-corrected chi connectivity index (χ2v) is 8.32. The molecule has 1 heterocycles. The second kappa shape index (κ2) is 11.1. The topological polar surface area (TPSA) is 129 Å². The average molecular weight is 488 g/mol. The van der Waals surface area contributed by atoms with Crippen LogP contribution in [0.25, 0.3) is 5.70 Å². The van der Waals surface area contributed by atoms with Crippen molar-refractivity contribution in [1.29, 1.82) is 0 Å². The summed E-state index contributed by atoms with van der Waals surface area (Å²) >= 11 is 1.17. The lowest BCUT2D eigenvalue weighted by atomic mass is 9.97. The molecule has 1 aliphatic heterocycles. The zero-order valence-electron chi connectivity index (χ0n) is 17.4. The molecule has 5 atom stereocenters. The van der Waals surface area contributed by atoms with E-state index >= 15 is 0 Å². The molecule has 33 heavy (non-hydrogen) atoms. The molecular formula is C21H24F3N3O5S. The van der Waals surface area contributed by atoms with Crippen LogP contribution in [-0.2, 0) is 4.74 Å². The molecule has 1 fully saturated rings. The van der Waals surface area contributed by atoms with Crippen LogP contribution in [0.15, 0.2) is 47.5 Å². The van der Waals surface area contributed by atoms with Gasteiger partial charge in [0.2, 0.25) is 0 Å². The highest BCUT2D eigenvalue weighted by atomic mass is 32.2. The number of benzene rings is 2. The highest BCUT2D eigenvalue weighted by Crippen LogP contribution is 2.34. The number of hydrogen-bond donors (Lipinski definition) is 6. The highest BCUT2D eigenvalue weighted by molar-refractivity contribution is 7.99. The molecule has 0 bridgehead atoms. The largest absolute Gasteiger partial charge is 0.497 e. The standard InChI is InChI=1S/C21H24F3N3O5S/c1-31-11-2-4-12(5-3-11)33-21-20(30)18(19(29)16(9-28)32-21)26-8-15(27-25)10-6-13(22)17(24)14(23)7-10/h2-8,16,18-21,26-30H,9,25H2,1H3/b15-8-/t16?,18?,19-,20?,21+/m0/s1. The summed E-state index contributed by atoms with van der Waals surface area (Å²) < 4.78 is 51.2. The van der Waals surface area contributed by atoms with Crippen LogP contribution in [0.5, 0.6) is 5.75 Å². The lowest BCUT2D eigenvalue weighted by molar-refractivity contribution is -0.164. The molecule has 1 saturated heterocycles. The summed E-state index contributed by atoms with van der Waals surface area (Å²) in [4.78, 5) is 0.740. The van der Waals surface area contributed by atoms with E-state index in [1.54, 1.807) is 24.3 Å². The number of aliphatic hydroxyl groups is 3. The van der Waals surface area contributed by atoms with Crippen LogP contribution < -0.4 is 21.3 Å². The van der Waals surface area contributed by atoms with Crippen molar-refractivity contribution in [3.63, 3.8) is 0 Å². The molecule has 2 aromatic rings. The van der Waals surface area contributed by atoms with Gasteiger partial charge in [-0.2, -0.15) is 0 Å². The molecule has 1 aliphatic rings. The fourth-order valence-corrected chi connectivity index (χ4v) is 4.34. The predicted molar refractivity (Wildman–Crippen MR) is 115 cm³/mol. The summed E-state index contributed by atoms with van der Waals surface area (Å²) in [5, 5.41) is 33.8. The van der Waals surface area contributed by atoms with Crippen LogP contribution in [0.4, 0.5) is 13.2 Å². The normalized spacial score (nSPS) is 25.6. The van der Waals surface area contributed by atoms with Gasteiger partial charge >= 0.3 is 0 Å². The smallest absolute Gasteiger partial charge is 0.194 e. The number of nitrogens with one attached hydrogen (secondary N) is 2. The lowest BCUT2D eigenvalue weighted by Crippen LogP contribution is -2.62. The fraction of sp³-hybridized carbons (Fsp3) is 0.333. The molecule has 0 spiro atoms. The maximum absolute atomic E-state index is 13.6. The number of aliphatic hydroxyl groups excluding tert-OH is 3. The van der Waals surface area contributed by atoms with Crippen molar-refractivity contribution in [3.05, 3.63) is 65.6 Å². The molecule has 0 aliphatic carbocycles. The van der Waals surface area contributed by atoms with E-state index in [4.69, 9.17) is 15.3 Å². The van der Waals surface area contributed by atoms with Crippen molar-refractivity contribution in [2.45, 2.75) is 34.7 Å². The number of thioether (sulfide) groups is 1. The Bertz CT molecular complexity index is 959. The van der Waals surface area contributed by atoms with Crippen LogP contribution in [0.1, 0.15) is 5.56 Å². The number of methoxy groups -OCH3 is 1. The summed E-state index contributed by atoms with van der Waals surface area (Å²) in [5.74, 6) is 1.64. The summed E-state index contributed by atoms with van der Waals surface area (Å²) in [6.45, 7) is -0.522. The van der Waals surface area contributed by atoms with E-state index < -0.39 is 53.8 Å². The van der Waals surface area contributed by atoms with Crippen LogP contribution in [0.3, 0.4) is 0 Å². The number of nitrogens with two attached hydrogens (primary N) is 1. The SMILES string of the molecule is COc1ccc(S[C@H]2OC(CO)[C@H](O)C(N/C=C(\NN)c3cc(F)c(F)c(F)c3)C2O)cc1. The van der Waals surface area contributed by atoms with Crippen LogP contribution >= 0.6 is 11.8 Å².